The molecular weight excluding hydrogens is 338 g/mol. The standard InChI is InChI=1S/C21H21N5O/c27-21(23-15-17-10-4-5-11-22-17)18-14-19(26-12-6-7-13-26)25-20(24-18)16-8-2-1-3-9-16/h1-5,8-11,14H,6-7,12-13,15H2,(H,23,27). The second-order valence-electron chi connectivity index (χ2n) is 6.50. The van der Waals surface area contributed by atoms with Crippen LogP contribution in [0.1, 0.15) is 29.0 Å². The summed E-state index contributed by atoms with van der Waals surface area (Å²) in [5.74, 6) is 1.16. The Bertz CT molecular complexity index is 908. The number of rotatable bonds is 5. The van der Waals surface area contributed by atoms with Crippen molar-refractivity contribution in [1.29, 1.82) is 0 Å². The third-order valence-electron chi connectivity index (χ3n) is 4.56. The number of hydrogen-bond donors (Lipinski definition) is 1. The summed E-state index contributed by atoms with van der Waals surface area (Å²) in [6.07, 6.45) is 4.00. The molecule has 1 aromatic carbocycles. The van der Waals surface area contributed by atoms with Crippen molar-refractivity contribution in [2.45, 2.75) is 19.4 Å². The Labute approximate surface area is 158 Å². The van der Waals surface area contributed by atoms with Crippen LogP contribution in [0.5, 0.6) is 0 Å². The number of amides is 1. The molecule has 27 heavy (non-hydrogen) atoms. The van der Waals surface area contributed by atoms with Gasteiger partial charge in [0.2, 0.25) is 0 Å². The van der Waals surface area contributed by atoms with Crippen LogP contribution in [0.25, 0.3) is 11.4 Å². The highest BCUT2D eigenvalue weighted by Gasteiger charge is 2.19. The molecule has 0 radical (unpaired) electrons. The van der Waals surface area contributed by atoms with Crippen LogP contribution in [0.4, 0.5) is 5.82 Å². The molecule has 0 saturated carbocycles. The van der Waals surface area contributed by atoms with Gasteiger partial charge in [-0.2, -0.15) is 0 Å². The zero-order valence-electron chi connectivity index (χ0n) is 15.0. The molecule has 6 heteroatoms. The van der Waals surface area contributed by atoms with Crippen molar-refractivity contribution in [3.8, 4) is 11.4 Å². The molecule has 1 amide bonds. The highest BCUT2D eigenvalue weighted by atomic mass is 16.1. The maximum atomic E-state index is 12.7. The van der Waals surface area contributed by atoms with E-state index in [4.69, 9.17) is 4.98 Å². The monoisotopic (exact) mass is 359 g/mol. The van der Waals surface area contributed by atoms with Gasteiger partial charge in [-0.25, -0.2) is 9.97 Å². The average Bonchev–Trinajstić information content (AvgIpc) is 3.28. The molecule has 0 spiro atoms. The highest BCUT2D eigenvalue weighted by molar-refractivity contribution is 5.93. The SMILES string of the molecule is O=C(NCc1ccccn1)c1cc(N2CCCC2)nc(-c2ccccc2)n1. The zero-order valence-corrected chi connectivity index (χ0v) is 15.0. The lowest BCUT2D eigenvalue weighted by molar-refractivity contribution is 0.0945. The number of nitrogens with one attached hydrogen (secondary N) is 1. The molecule has 1 aliphatic rings. The molecular formula is C21H21N5O. The molecule has 1 fully saturated rings. The minimum Gasteiger partial charge on any atom is -0.356 e. The van der Waals surface area contributed by atoms with E-state index in [0.29, 0.717) is 18.1 Å². The fourth-order valence-corrected chi connectivity index (χ4v) is 3.14. The maximum absolute atomic E-state index is 12.7. The van der Waals surface area contributed by atoms with Gasteiger partial charge in [-0.3, -0.25) is 9.78 Å². The van der Waals surface area contributed by atoms with Gasteiger partial charge < -0.3 is 10.2 Å². The van der Waals surface area contributed by atoms with Crippen LogP contribution in [0.2, 0.25) is 0 Å². The van der Waals surface area contributed by atoms with Gasteiger partial charge in [0.25, 0.3) is 5.91 Å². The third kappa shape index (κ3) is 4.11. The summed E-state index contributed by atoms with van der Waals surface area (Å²) in [7, 11) is 0. The first-order valence-corrected chi connectivity index (χ1v) is 9.17. The molecule has 0 unspecified atom stereocenters. The fourth-order valence-electron chi connectivity index (χ4n) is 3.14. The van der Waals surface area contributed by atoms with Crippen LogP contribution in [0.3, 0.4) is 0 Å². The Morgan fingerprint density at radius 3 is 2.52 bits per heavy atom. The van der Waals surface area contributed by atoms with Gasteiger partial charge in [0, 0.05) is 30.9 Å². The summed E-state index contributed by atoms with van der Waals surface area (Å²) in [5, 5.41) is 2.90. The highest BCUT2D eigenvalue weighted by Crippen LogP contribution is 2.23. The van der Waals surface area contributed by atoms with Gasteiger partial charge in [0.1, 0.15) is 11.5 Å². The molecule has 1 N–H and O–H groups in total. The summed E-state index contributed by atoms with van der Waals surface area (Å²) in [6, 6.07) is 17.2. The van der Waals surface area contributed by atoms with E-state index in [9.17, 15) is 4.79 Å². The van der Waals surface area contributed by atoms with Crippen LogP contribution in [0, 0.1) is 0 Å². The maximum Gasteiger partial charge on any atom is 0.270 e. The first kappa shape index (κ1) is 17.1. The van der Waals surface area contributed by atoms with E-state index in [1.54, 1.807) is 12.3 Å². The topological polar surface area (TPSA) is 71.0 Å². The zero-order chi connectivity index (χ0) is 18.5. The molecule has 4 rings (SSSR count). The predicted molar refractivity (Wildman–Crippen MR) is 104 cm³/mol. The Morgan fingerprint density at radius 1 is 1.00 bits per heavy atom. The first-order chi connectivity index (χ1) is 13.3. The van der Waals surface area contributed by atoms with Crippen molar-refractivity contribution in [2.75, 3.05) is 18.0 Å². The number of hydrogen-bond acceptors (Lipinski definition) is 5. The Balaban J connectivity index is 1.62. The van der Waals surface area contributed by atoms with E-state index < -0.39 is 0 Å². The summed E-state index contributed by atoms with van der Waals surface area (Å²) in [6.45, 7) is 2.28. The smallest absolute Gasteiger partial charge is 0.270 e. The minimum absolute atomic E-state index is 0.222. The lowest BCUT2D eigenvalue weighted by Gasteiger charge is -2.18. The molecule has 2 aromatic heterocycles. The molecule has 6 nitrogen and oxygen atoms in total. The second-order valence-corrected chi connectivity index (χ2v) is 6.50. The fraction of sp³-hybridized carbons (Fsp3) is 0.238. The van der Waals surface area contributed by atoms with Crippen molar-refractivity contribution in [3.05, 3.63) is 72.2 Å². The van der Waals surface area contributed by atoms with E-state index in [-0.39, 0.29) is 5.91 Å². The number of carbonyl (C=O) groups excluding carboxylic acids is 1. The van der Waals surface area contributed by atoms with Gasteiger partial charge in [-0.05, 0) is 25.0 Å². The number of pyridine rings is 1. The van der Waals surface area contributed by atoms with Gasteiger partial charge in [0.15, 0.2) is 5.82 Å². The van der Waals surface area contributed by atoms with Crippen LogP contribution >= 0.6 is 0 Å². The van der Waals surface area contributed by atoms with E-state index in [1.807, 2.05) is 48.5 Å². The quantitative estimate of drug-likeness (QED) is 0.758. The lowest BCUT2D eigenvalue weighted by atomic mass is 10.2. The van der Waals surface area contributed by atoms with Crippen LogP contribution in [-0.2, 0) is 6.54 Å². The van der Waals surface area contributed by atoms with Crippen molar-refractivity contribution in [1.82, 2.24) is 20.3 Å². The van der Waals surface area contributed by atoms with E-state index in [0.717, 1.165) is 43.0 Å². The van der Waals surface area contributed by atoms with Crippen molar-refractivity contribution >= 4 is 11.7 Å². The number of aromatic nitrogens is 3. The van der Waals surface area contributed by atoms with Gasteiger partial charge in [-0.1, -0.05) is 36.4 Å². The Morgan fingerprint density at radius 2 is 1.78 bits per heavy atom. The molecule has 1 saturated heterocycles. The number of nitrogens with zero attached hydrogens (tertiary/aromatic N) is 4. The summed E-state index contributed by atoms with van der Waals surface area (Å²) in [5.41, 5.74) is 2.09. The average molecular weight is 359 g/mol. The van der Waals surface area contributed by atoms with Crippen LogP contribution < -0.4 is 10.2 Å². The first-order valence-electron chi connectivity index (χ1n) is 9.17. The van der Waals surface area contributed by atoms with Gasteiger partial charge in [-0.15, -0.1) is 0 Å². The molecule has 3 aromatic rings. The lowest BCUT2D eigenvalue weighted by Crippen LogP contribution is -2.26. The van der Waals surface area contributed by atoms with E-state index in [2.05, 4.69) is 20.2 Å². The summed E-state index contributed by atoms with van der Waals surface area (Å²) < 4.78 is 0. The Hall–Kier alpha value is -3.28. The largest absolute Gasteiger partial charge is 0.356 e. The molecule has 0 atom stereocenters. The molecule has 0 aliphatic carbocycles. The third-order valence-corrected chi connectivity index (χ3v) is 4.56. The molecule has 0 bridgehead atoms. The van der Waals surface area contributed by atoms with Gasteiger partial charge >= 0.3 is 0 Å². The normalized spacial score (nSPS) is 13.6. The predicted octanol–water partition coefficient (Wildman–Crippen LogP) is 3.07. The molecule has 3 heterocycles. The van der Waals surface area contributed by atoms with E-state index >= 15 is 0 Å². The second kappa shape index (κ2) is 7.95. The summed E-state index contributed by atoms with van der Waals surface area (Å²) in [4.78, 5) is 28.4. The minimum atomic E-state index is -0.222. The van der Waals surface area contributed by atoms with Gasteiger partial charge in [0.05, 0.1) is 12.2 Å². The number of benzene rings is 1. The van der Waals surface area contributed by atoms with Crippen molar-refractivity contribution in [2.24, 2.45) is 0 Å². The number of carbonyl (C=O) groups is 1. The summed E-state index contributed by atoms with van der Waals surface area (Å²) >= 11 is 0. The molecule has 136 valence electrons. The molecule has 1 aliphatic heterocycles. The van der Waals surface area contributed by atoms with Crippen LogP contribution in [-0.4, -0.2) is 33.9 Å². The van der Waals surface area contributed by atoms with Crippen LogP contribution in [0.15, 0.2) is 60.8 Å². The number of anilines is 1. The van der Waals surface area contributed by atoms with Crippen molar-refractivity contribution in [3.63, 3.8) is 0 Å². The Kier molecular flexibility index (Phi) is 5.05. The van der Waals surface area contributed by atoms with Crippen molar-refractivity contribution < 1.29 is 4.79 Å². The van der Waals surface area contributed by atoms with E-state index in [1.165, 1.54) is 0 Å².